The molecule has 5 aliphatic carbocycles. The van der Waals surface area contributed by atoms with Gasteiger partial charge >= 0.3 is 0 Å². The molecule has 9 rings (SSSR count). The van der Waals surface area contributed by atoms with Crippen LogP contribution in [0.2, 0.25) is 0 Å². The van der Waals surface area contributed by atoms with E-state index in [-0.39, 0.29) is 39.4 Å². The molecule has 0 aromatic heterocycles. The van der Waals surface area contributed by atoms with Crippen molar-refractivity contribution < 1.29 is 94.4 Å². The van der Waals surface area contributed by atoms with Crippen LogP contribution in [-0.2, 0) is 33.2 Å². The van der Waals surface area contributed by atoms with Gasteiger partial charge in [0.1, 0.15) is 60.5 Å². The molecule has 0 unspecified atom stereocenters. The van der Waals surface area contributed by atoms with Crippen LogP contribution < -0.4 is 0 Å². The molecule has 0 bridgehead atoms. The van der Waals surface area contributed by atoms with Crippen LogP contribution in [0.5, 0.6) is 0 Å². The third-order valence-corrected chi connectivity index (χ3v) is 20.0. The van der Waals surface area contributed by atoms with Crippen molar-refractivity contribution in [2.75, 3.05) is 26.4 Å². The van der Waals surface area contributed by atoms with Gasteiger partial charge in [-0.05, 0) is 117 Å². The van der Waals surface area contributed by atoms with Gasteiger partial charge in [-0.2, -0.15) is 0 Å². The van der Waals surface area contributed by atoms with Crippen LogP contribution in [0.25, 0.3) is 0 Å². The number of aliphatic hydroxyl groups is 12. The average Bonchev–Trinajstić information content (AvgIpc) is 3.40. The molecule has 19 nitrogen and oxygen atoms in total. The molecule has 12 N–H and O–H groups in total. The van der Waals surface area contributed by atoms with E-state index in [2.05, 4.69) is 34.6 Å². The van der Waals surface area contributed by atoms with Crippen LogP contribution in [0.15, 0.2) is 0 Å². The third-order valence-electron chi connectivity index (χ3n) is 20.0. The smallest absolute Gasteiger partial charge is 0.187 e. The number of aliphatic hydroxyl groups excluding tert-OH is 11. The molecule has 4 saturated heterocycles. The van der Waals surface area contributed by atoms with Crippen LogP contribution in [-0.4, -0.2) is 203 Å². The highest BCUT2D eigenvalue weighted by Crippen LogP contribution is 2.89. The molecular formula is C47H78O19. The van der Waals surface area contributed by atoms with Crippen molar-refractivity contribution in [3.05, 3.63) is 0 Å². The monoisotopic (exact) mass is 947 g/mol. The molecule has 4 aliphatic heterocycles. The van der Waals surface area contributed by atoms with Crippen molar-refractivity contribution in [2.24, 2.45) is 44.8 Å². The zero-order valence-electron chi connectivity index (χ0n) is 39.4. The molecule has 4 heterocycles. The van der Waals surface area contributed by atoms with E-state index in [9.17, 15) is 61.3 Å². The Morgan fingerprint density at radius 1 is 0.652 bits per heavy atom. The standard InChI is InChI=1S/C47H78O19/c1-40(2)26(63-38-33(31(56)29(54)24(17-49)62-38)64-39-36(58)47(59,19-50)20-60-39)9-11-46-18-45(46)13-12-42(5)35(22(52)15-43(42,6)25(45)14-21(51)34(40)46)44(7)10-8-27(65-44)41(3,4)66-37-32(57)30(55)28(53)23(16-48)61-37/h21-39,48-59H,8-20H2,1-7H3/t21-,22-,23+,24+,25+,26-,27-,28+,29+,30-,31-,32+,33+,34+,35-,36-,37-,38-,39-,42+,43-,44+,45-,46+,47+/m0/s1. The molecule has 380 valence electrons. The summed E-state index contributed by atoms with van der Waals surface area (Å²) in [6.45, 7) is 12.0. The highest BCUT2D eigenvalue weighted by Gasteiger charge is 2.85. The summed E-state index contributed by atoms with van der Waals surface area (Å²) in [6, 6.07) is 0. The van der Waals surface area contributed by atoms with Gasteiger partial charge in [0.05, 0.1) is 62.0 Å². The topological polar surface area (TPSA) is 307 Å². The normalized spacial score (nSPS) is 57.8. The summed E-state index contributed by atoms with van der Waals surface area (Å²) >= 11 is 0. The van der Waals surface area contributed by atoms with Crippen LogP contribution in [0.1, 0.15) is 106 Å². The molecule has 9 aliphatic rings. The first-order chi connectivity index (χ1) is 30.7. The Morgan fingerprint density at radius 3 is 1.94 bits per heavy atom. The van der Waals surface area contributed by atoms with Crippen molar-refractivity contribution >= 4 is 0 Å². The highest BCUT2D eigenvalue weighted by molar-refractivity contribution is 5.33. The van der Waals surface area contributed by atoms with Gasteiger partial charge in [-0.15, -0.1) is 0 Å². The van der Waals surface area contributed by atoms with Crippen LogP contribution in [0.4, 0.5) is 0 Å². The lowest BCUT2D eigenvalue weighted by atomic mass is 9.41. The van der Waals surface area contributed by atoms with Crippen LogP contribution >= 0.6 is 0 Å². The van der Waals surface area contributed by atoms with Crippen molar-refractivity contribution in [1.29, 1.82) is 0 Å². The Hall–Kier alpha value is -0.760. The quantitative estimate of drug-likeness (QED) is 0.106. The summed E-state index contributed by atoms with van der Waals surface area (Å²) in [6.07, 6.45) is -13.6. The van der Waals surface area contributed by atoms with Gasteiger partial charge in [0.15, 0.2) is 18.9 Å². The largest absolute Gasteiger partial charge is 0.394 e. The molecular weight excluding hydrogens is 868 g/mol. The average molecular weight is 947 g/mol. The molecule has 0 radical (unpaired) electrons. The molecule has 19 heteroatoms. The number of hydrogen-bond acceptors (Lipinski definition) is 19. The fourth-order valence-electron chi connectivity index (χ4n) is 16.4. The Morgan fingerprint density at radius 2 is 1.30 bits per heavy atom. The van der Waals surface area contributed by atoms with E-state index in [0.717, 1.165) is 25.7 Å². The van der Waals surface area contributed by atoms with E-state index in [1.165, 1.54) is 0 Å². The molecule has 9 fully saturated rings. The number of fused-ring (bicyclic) bond motifs is 2. The zero-order valence-corrected chi connectivity index (χ0v) is 39.4. The first-order valence-corrected chi connectivity index (χ1v) is 24.3. The fourth-order valence-corrected chi connectivity index (χ4v) is 16.4. The SMILES string of the molecule is CC(C)(O[C@@H]1O[C@H](CO)[C@@H](O)[C@H](O)[C@H]1O)[C@@H]1CC[C@](C)([C@H]2[C@@H](O)C[C@@]3(C)[C@H]4C[C@H](O)[C@@H]5C(C)(C)[C@@H](O[C@@H]6O[C@H](CO)[C@@H](O)[C@H](O)[C@H]6O[C@@H]6OC[C@](O)(CO)[C@H]6O)CC[C@@]56C[C@@]46CC[C@]23C)O1. The van der Waals surface area contributed by atoms with Crippen molar-refractivity contribution in [3.8, 4) is 0 Å². The van der Waals surface area contributed by atoms with Gasteiger partial charge in [-0.25, -0.2) is 0 Å². The van der Waals surface area contributed by atoms with Crippen LogP contribution in [0, 0.1) is 44.8 Å². The van der Waals surface area contributed by atoms with Crippen molar-refractivity contribution in [3.63, 3.8) is 0 Å². The molecule has 0 aromatic rings. The summed E-state index contributed by atoms with van der Waals surface area (Å²) in [7, 11) is 0. The lowest BCUT2D eigenvalue weighted by molar-refractivity contribution is -0.355. The van der Waals surface area contributed by atoms with Crippen molar-refractivity contribution in [1.82, 2.24) is 0 Å². The van der Waals surface area contributed by atoms with Gasteiger partial charge < -0.3 is 94.4 Å². The first kappa shape index (κ1) is 50.2. The Balaban J connectivity index is 0.918. The Kier molecular flexibility index (Phi) is 12.7. The second-order valence-corrected chi connectivity index (χ2v) is 24.0. The van der Waals surface area contributed by atoms with E-state index in [0.29, 0.717) is 32.1 Å². The van der Waals surface area contributed by atoms with Crippen molar-refractivity contribution in [2.45, 2.75) is 221 Å². The summed E-state index contributed by atoms with van der Waals surface area (Å²) in [5.74, 6) is -0.336. The maximum atomic E-state index is 12.6. The van der Waals surface area contributed by atoms with E-state index in [1.807, 2.05) is 13.8 Å². The molecule has 0 amide bonds. The minimum atomic E-state index is -2.01. The zero-order chi connectivity index (χ0) is 48.1. The maximum Gasteiger partial charge on any atom is 0.187 e. The van der Waals surface area contributed by atoms with E-state index in [4.69, 9.17) is 33.2 Å². The van der Waals surface area contributed by atoms with Gasteiger partial charge in [-0.1, -0.05) is 27.7 Å². The van der Waals surface area contributed by atoms with E-state index < -0.39 is 147 Å². The first-order valence-electron chi connectivity index (χ1n) is 24.3. The van der Waals surface area contributed by atoms with E-state index in [1.54, 1.807) is 0 Å². The summed E-state index contributed by atoms with van der Waals surface area (Å²) in [5.41, 5.74) is -5.47. The predicted molar refractivity (Wildman–Crippen MR) is 226 cm³/mol. The molecule has 5 saturated carbocycles. The van der Waals surface area contributed by atoms with Gasteiger partial charge in [0, 0.05) is 5.92 Å². The minimum Gasteiger partial charge on any atom is -0.394 e. The third kappa shape index (κ3) is 7.06. The van der Waals surface area contributed by atoms with Gasteiger partial charge in [0.2, 0.25) is 0 Å². The highest BCUT2D eigenvalue weighted by atomic mass is 16.8. The lowest BCUT2D eigenvalue weighted by Gasteiger charge is -2.65. The molecule has 2 spiro atoms. The minimum absolute atomic E-state index is 0.0854. The predicted octanol–water partition coefficient (Wildman–Crippen LogP) is -1.45. The molecule has 66 heavy (non-hydrogen) atoms. The number of rotatable bonds is 11. The second-order valence-electron chi connectivity index (χ2n) is 24.0. The lowest BCUT2D eigenvalue weighted by Crippen LogP contribution is -2.65. The maximum absolute atomic E-state index is 12.6. The number of ether oxygens (including phenoxy) is 7. The van der Waals surface area contributed by atoms with Gasteiger partial charge in [-0.3, -0.25) is 0 Å². The fraction of sp³-hybridized carbons (Fsp3) is 1.00. The summed E-state index contributed by atoms with van der Waals surface area (Å²) in [5, 5.41) is 129. The number of hydrogen-bond donors (Lipinski definition) is 12. The van der Waals surface area contributed by atoms with E-state index >= 15 is 0 Å². The summed E-state index contributed by atoms with van der Waals surface area (Å²) in [4.78, 5) is 0. The molecule has 0 aromatic carbocycles. The Labute approximate surface area is 386 Å². The van der Waals surface area contributed by atoms with Crippen LogP contribution in [0.3, 0.4) is 0 Å². The summed E-state index contributed by atoms with van der Waals surface area (Å²) < 4.78 is 43.2. The molecule has 25 atom stereocenters. The van der Waals surface area contributed by atoms with Gasteiger partial charge in [0.25, 0.3) is 0 Å². The Bertz CT molecular complexity index is 1790. The second kappa shape index (κ2) is 16.6.